The third-order valence-electron chi connectivity index (χ3n) is 5.83. The van der Waals surface area contributed by atoms with E-state index < -0.39 is 0 Å². The molecule has 0 spiro atoms. The van der Waals surface area contributed by atoms with Gasteiger partial charge in [0.25, 0.3) is 17.9 Å². The summed E-state index contributed by atoms with van der Waals surface area (Å²) in [7, 11) is 4.01. The molecule has 8 nitrogen and oxygen atoms in total. The van der Waals surface area contributed by atoms with Gasteiger partial charge in [-0.05, 0) is 50.7 Å². The molecule has 2 aliphatic heterocycles. The zero-order chi connectivity index (χ0) is 22.7. The number of carbonyl (C=O) groups excluding carboxylic acids is 1. The van der Waals surface area contributed by atoms with E-state index in [1.54, 1.807) is 12.1 Å². The Hall–Kier alpha value is -2.84. The van der Waals surface area contributed by atoms with Crippen LogP contribution in [-0.4, -0.2) is 70.7 Å². The molecular weight excluding hydrogens is 422 g/mol. The molecule has 31 heavy (non-hydrogen) atoms. The topological polar surface area (TPSA) is 103 Å². The second kappa shape index (κ2) is 9.53. The van der Waals surface area contributed by atoms with Gasteiger partial charge in [-0.3, -0.25) is 14.4 Å². The lowest BCUT2D eigenvalue weighted by Crippen LogP contribution is -2.52. The number of nitrogens with zero attached hydrogens (tertiary/aromatic N) is 3. The van der Waals surface area contributed by atoms with Crippen molar-refractivity contribution in [3.63, 3.8) is 0 Å². The number of hydrogen-bond donors (Lipinski definition) is 2. The number of carboxylic acid groups (broad SMARTS) is 1. The maximum absolute atomic E-state index is 13.1. The molecule has 2 aliphatic rings. The number of phenols is 1. The highest BCUT2D eigenvalue weighted by atomic mass is 35.5. The Morgan fingerprint density at radius 2 is 1.97 bits per heavy atom. The van der Waals surface area contributed by atoms with Gasteiger partial charge in [-0.2, -0.15) is 0 Å². The maximum Gasteiger partial charge on any atom is 0.290 e. The van der Waals surface area contributed by atoms with Gasteiger partial charge in [0.1, 0.15) is 5.75 Å². The van der Waals surface area contributed by atoms with E-state index in [9.17, 15) is 14.7 Å². The number of fused-ring (bicyclic) bond motifs is 4. The molecule has 1 amide bonds. The first-order valence-corrected chi connectivity index (χ1v) is 10.4. The number of phenolic OH excluding ortho intramolecular Hbond substituents is 1. The number of pyridine rings is 1. The normalized spacial score (nSPS) is 21.7. The summed E-state index contributed by atoms with van der Waals surface area (Å²) < 4.78 is 1.94. The van der Waals surface area contributed by atoms with E-state index in [2.05, 4.69) is 4.90 Å². The standard InChI is InChI=1S/C21H24ClN3O3.CH2O2/c1-23(2)12-18-15-8-14(17-4-3-5-20(27)25(17)18)10-24(11-15)21(28)13-6-7-19(26)16(22)9-13;2-1-3/h3-7,9,14-15,18,26H,8,10-12H2,1-2H3;1H,(H,2,3)/t14-,15+,18+;/m1./s1. The van der Waals surface area contributed by atoms with Gasteiger partial charge in [-0.1, -0.05) is 17.7 Å². The van der Waals surface area contributed by atoms with E-state index in [1.807, 2.05) is 35.7 Å². The van der Waals surface area contributed by atoms with Crippen LogP contribution in [-0.2, 0) is 4.79 Å². The molecule has 4 rings (SSSR count). The van der Waals surface area contributed by atoms with Crippen molar-refractivity contribution in [2.75, 3.05) is 33.7 Å². The molecule has 1 saturated heterocycles. The first kappa shape index (κ1) is 22.8. The number of piperidine rings is 1. The van der Waals surface area contributed by atoms with Gasteiger partial charge in [-0.15, -0.1) is 0 Å². The van der Waals surface area contributed by atoms with E-state index in [4.69, 9.17) is 21.5 Å². The van der Waals surface area contributed by atoms with Crippen LogP contribution in [0.5, 0.6) is 5.75 Å². The second-order valence-corrected chi connectivity index (χ2v) is 8.57. The molecule has 0 saturated carbocycles. The Kier molecular flexibility index (Phi) is 7.02. The third kappa shape index (κ3) is 4.75. The summed E-state index contributed by atoms with van der Waals surface area (Å²) in [6.07, 6.45) is 0.974. The Morgan fingerprint density at radius 1 is 1.26 bits per heavy atom. The van der Waals surface area contributed by atoms with E-state index in [0.717, 1.165) is 18.7 Å². The van der Waals surface area contributed by atoms with Crippen LogP contribution in [0.4, 0.5) is 0 Å². The maximum atomic E-state index is 13.1. The lowest BCUT2D eigenvalue weighted by molar-refractivity contribution is -0.122. The van der Waals surface area contributed by atoms with Crippen LogP contribution in [0, 0.1) is 5.92 Å². The zero-order valence-electron chi connectivity index (χ0n) is 17.4. The lowest BCUT2D eigenvalue weighted by Gasteiger charge is -2.47. The highest BCUT2D eigenvalue weighted by molar-refractivity contribution is 6.32. The summed E-state index contributed by atoms with van der Waals surface area (Å²) in [5, 5.41) is 16.7. The van der Waals surface area contributed by atoms with Crippen LogP contribution in [0.2, 0.25) is 5.02 Å². The molecule has 3 atom stereocenters. The predicted molar refractivity (Wildman–Crippen MR) is 117 cm³/mol. The Balaban J connectivity index is 0.000000858. The van der Waals surface area contributed by atoms with Gasteiger partial charge >= 0.3 is 0 Å². The first-order chi connectivity index (χ1) is 14.8. The zero-order valence-corrected chi connectivity index (χ0v) is 18.2. The van der Waals surface area contributed by atoms with Crippen LogP contribution in [0.3, 0.4) is 0 Å². The molecule has 2 N–H and O–H groups in total. The van der Waals surface area contributed by atoms with Gasteiger partial charge in [0.2, 0.25) is 0 Å². The number of likely N-dealkylation sites (tertiary alicyclic amines) is 1. The number of aromatic hydroxyl groups is 1. The number of carbonyl (C=O) groups is 2. The van der Waals surface area contributed by atoms with Crippen LogP contribution >= 0.6 is 11.6 Å². The molecule has 9 heteroatoms. The summed E-state index contributed by atoms with van der Waals surface area (Å²) in [4.78, 5) is 38.0. The largest absolute Gasteiger partial charge is 0.506 e. The number of hydrogen-bond acceptors (Lipinski definition) is 5. The van der Waals surface area contributed by atoms with E-state index in [-0.39, 0.29) is 46.6 Å². The second-order valence-electron chi connectivity index (χ2n) is 8.16. The fourth-order valence-electron chi connectivity index (χ4n) is 4.64. The summed E-state index contributed by atoms with van der Waals surface area (Å²) in [5.41, 5.74) is 1.51. The molecular formula is C22H26ClN3O5. The monoisotopic (exact) mass is 447 g/mol. The summed E-state index contributed by atoms with van der Waals surface area (Å²) >= 11 is 5.99. The predicted octanol–water partition coefficient (Wildman–Crippen LogP) is 2.27. The van der Waals surface area contributed by atoms with Gasteiger partial charge in [0, 0.05) is 42.9 Å². The van der Waals surface area contributed by atoms with Crippen molar-refractivity contribution >= 4 is 24.0 Å². The molecule has 3 heterocycles. The van der Waals surface area contributed by atoms with E-state index in [0.29, 0.717) is 18.7 Å². The number of amides is 1. The van der Waals surface area contributed by atoms with E-state index >= 15 is 0 Å². The molecule has 2 aromatic rings. The van der Waals surface area contributed by atoms with Gasteiger partial charge in [-0.25, -0.2) is 0 Å². The smallest absolute Gasteiger partial charge is 0.290 e. The highest BCUT2D eigenvalue weighted by Crippen LogP contribution is 2.41. The number of rotatable bonds is 3. The van der Waals surface area contributed by atoms with E-state index in [1.165, 1.54) is 12.1 Å². The van der Waals surface area contributed by atoms with Gasteiger partial charge in [0.05, 0.1) is 11.1 Å². The SMILES string of the molecule is CN(C)C[C@H]1[C@H]2C[C@H](CN(C(=O)c3ccc(O)c(Cl)c3)C2)c2cccc(=O)n21.O=CO. The minimum absolute atomic E-state index is 0.0316. The molecule has 1 fully saturated rings. The lowest BCUT2D eigenvalue weighted by atomic mass is 9.78. The Morgan fingerprint density at radius 3 is 2.61 bits per heavy atom. The van der Waals surface area contributed by atoms with Crippen LogP contribution in [0.25, 0.3) is 0 Å². The average Bonchev–Trinajstić information content (AvgIpc) is 2.73. The molecule has 2 bridgehead atoms. The quantitative estimate of drug-likeness (QED) is 0.699. The van der Waals surface area contributed by atoms with Crippen molar-refractivity contribution in [1.29, 1.82) is 0 Å². The van der Waals surface area contributed by atoms with Gasteiger partial charge in [0.15, 0.2) is 0 Å². The third-order valence-corrected chi connectivity index (χ3v) is 6.14. The molecule has 1 aromatic heterocycles. The van der Waals surface area contributed by atoms with Crippen LogP contribution in [0.1, 0.15) is 34.4 Å². The minimum Gasteiger partial charge on any atom is -0.506 e. The Labute approximate surface area is 185 Å². The fraction of sp³-hybridized carbons (Fsp3) is 0.409. The highest BCUT2D eigenvalue weighted by Gasteiger charge is 2.42. The van der Waals surface area contributed by atoms with Crippen molar-refractivity contribution in [3.05, 3.63) is 63.0 Å². The molecule has 1 aromatic carbocycles. The summed E-state index contributed by atoms with van der Waals surface area (Å²) in [6.45, 7) is 1.68. The first-order valence-electron chi connectivity index (χ1n) is 9.98. The minimum atomic E-state index is -0.250. The molecule has 0 radical (unpaired) electrons. The van der Waals surface area contributed by atoms with Crippen molar-refractivity contribution in [2.24, 2.45) is 5.92 Å². The summed E-state index contributed by atoms with van der Waals surface area (Å²) in [5.74, 6) is 0.230. The molecule has 166 valence electrons. The Bertz CT molecular complexity index is 1020. The number of likely N-dealkylation sites (N-methyl/N-ethyl adjacent to an activating group) is 1. The molecule has 0 aliphatic carbocycles. The van der Waals surface area contributed by atoms with Gasteiger partial charge < -0.3 is 24.6 Å². The molecule has 0 unspecified atom stereocenters. The van der Waals surface area contributed by atoms with Crippen LogP contribution < -0.4 is 5.56 Å². The number of halogens is 1. The summed E-state index contributed by atoms with van der Waals surface area (Å²) in [6, 6.07) is 10.0. The fourth-order valence-corrected chi connectivity index (χ4v) is 4.82. The average molecular weight is 448 g/mol. The van der Waals surface area contributed by atoms with Crippen molar-refractivity contribution in [3.8, 4) is 5.75 Å². The van der Waals surface area contributed by atoms with Crippen molar-refractivity contribution in [1.82, 2.24) is 14.4 Å². The van der Waals surface area contributed by atoms with Crippen molar-refractivity contribution < 1.29 is 19.8 Å². The number of benzene rings is 1. The van der Waals surface area contributed by atoms with Crippen molar-refractivity contribution in [2.45, 2.75) is 18.4 Å². The van der Waals surface area contributed by atoms with Crippen LogP contribution in [0.15, 0.2) is 41.2 Å². The number of aromatic nitrogens is 1.